The molecule has 0 spiro atoms. The molecule has 2 aromatic carbocycles. The molecule has 1 aliphatic heterocycles. The van der Waals surface area contributed by atoms with Crippen molar-refractivity contribution in [3.05, 3.63) is 59.5 Å². The van der Waals surface area contributed by atoms with Crippen LogP contribution in [-0.2, 0) is 20.9 Å². The van der Waals surface area contributed by atoms with Gasteiger partial charge in [0.2, 0.25) is 0 Å². The van der Waals surface area contributed by atoms with Gasteiger partial charge in [-0.2, -0.15) is 0 Å². The first-order chi connectivity index (χ1) is 12.7. The van der Waals surface area contributed by atoms with Crippen molar-refractivity contribution in [2.75, 3.05) is 18.1 Å². The van der Waals surface area contributed by atoms with E-state index in [9.17, 15) is 9.59 Å². The van der Waals surface area contributed by atoms with Gasteiger partial charge in [-0.05, 0) is 29.0 Å². The van der Waals surface area contributed by atoms with Crippen LogP contribution >= 0.6 is 11.3 Å². The number of anilines is 1. The Labute approximate surface area is 154 Å². The number of amides is 1. The van der Waals surface area contributed by atoms with Crippen LogP contribution in [0.5, 0.6) is 5.75 Å². The number of hydrogen-bond donors (Lipinski definition) is 0. The third-order valence-electron chi connectivity index (χ3n) is 4.30. The lowest BCUT2D eigenvalue weighted by Gasteiger charge is -2.28. The molecule has 0 unspecified atom stereocenters. The van der Waals surface area contributed by atoms with Gasteiger partial charge in [0.15, 0.2) is 6.61 Å². The molecule has 0 aliphatic carbocycles. The molecule has 0 saturated carbocycles. The minimum atomic E-state index is -0.322. The van der Waals surface area contributed by atoms with Crippen molar-refractivity contribution in [1.29, 1.82) is 0 Å². The zero-order valence-corrected chi connectivity index (χ0v) is 14.8. The van der Waals surface area contributed by atoms with Gasteiger partial charge >= 0.3 is 5.97 Å². The molecule has 4 rings (SSSR count). The van der Waals surface area contributed by atoms with Gasteiger partial charge in [0.25, 0.3) is 5.91 Å². The van der Waals surface area contributed by atoms with Crippen LogP contribution < -0.4 is 9.64 Å². The Hall–Kier alpha value is -2.86. The van der Waals surface area contributed by atoms with E-state index in [-0.39, 0.29) is 38.1 Å². The lowest BCUT2D eigenvalue weighted by molar-refractivity contribution is -0.144. The summed E-state index contributed by atoms with van der Waals surface area (Å²) in [5.41, 5.74) is 1.70. The summed E-state index contributed by atoms with van der Waals surface area (Å²) in [6.45, 7) is 0.520. The largest absolute Gasteiger partial charge is 0.482 e. The van der Waals surface area contributed by atoms with Crippen molar-refractivity contribution in [3.63, 3.8) is 0 Å². The van der Waals surface area contributed by atoms with E-state index in [2.05, 4.69) is 0 Å². The molecule has 0 bridgehead atoms. The molecule has 5 nitrogen and oxygen atoms in total. The molecule has 0 N–H and O–H groups in total. The number of rotatable bonds is 5. The first-order valence-corrected chi connectivity index (χ1v) is 9.23. The second-order valence-corrected chi connectivity index (χ2v) is 6.88. The molecule has 2 heterocycles. The van der Waals surface area contributed by atoms with Crippen LogP contribution in [0.4, 0.5) is 5.69 Å². The number of carbonyl (C=O) groups excluding carboxylic acids is 2. The zero-order chi connectivity index (χ0) is 17.9. The van der Waals surface area contributed by atoms with E-state index < -0.39 is 0 Å². The number of para-hydroxylation sites is 2. The lowest BCUT2D eigenvalue weighted by atomic mass is 10.2. The molecule has 0 atom stereocenters. The van der Waals surface area contributed by atoms with E-state index in [4.69, 9.17) is 9.47 Å². The Kier molecular flexibility index (Phi) is 4.58. The van der Waals surface area contributed by atoms with Crippen molar-refractivity contribution in [2.24, 2.45) is 0 Å². The van der Waals surface area contributed by atoms with E-state index in [1.54, 1.807) is 16.2 Å². The van der Waals surface area contributed by atoms with Crippen molar-refractivity contribution in [1.82, 2.24) is 0 Å². The second-order valence-electron chi connectivity index (χ2n) is 5.97. The Balaban J connectivity index is 1.36. The third kappa shape index (κ3) is 3.28. The van der Waals surface area contributed by atoms with Gasteiger partial charge < -0.3 is 14.4 Å². The topological polar surface area (TPSA) is 55.8 Å². The average molecular weight is 367 g/mol. The standard InChI is InChI=1S/C20H17NO4S/c22-19-12-24-17-7-3-2-6-16(17)21(19)10-9-20(23)25-11-14-13-26-18-8-4-1-5-15(14)18/h1-8,13H,9-12H2. The van der Waals surface area contributed by atoms with Gasteiger partial charge in [0.1, 0.15) is 12.4 Å². The summed E-state index contributed by atoms with van der Waals surface area (Å²) in [6.07, 6.45) is 0.141. The van der Waals surface area contributed by atoms with Gasteiger partial charge in [-0.1, -0.05) is 30.3 Å². The quantitative estimate of drug-likeness (QED) is 0.645. The van der Waals surface area contributed by atoms with Gasteiger partial charge in [0, 0.05) is 16.8 Å². The fourth-order valence-electron chi connectivity index (χ4n) is 2.98. The predicted molar refractivity (Wildman–Crippen MR) is 101 cm³/mol. The first-order valence-electron chi connectivity index (χ1n) is 8.35. The third-order valence-corrected chi connectivity index (χ3v) is 5.31. The highest BCUT2D eigenvalue weighted by molar-refractivity contribution is 7.17. The number of nitrogens with zero attached hydrogens (tertiary/aromatic N) is 1. The van der Waals surface area contributed by atoms with Crippen LogP contribution in [0.1, 0.15) is 12.0 Å². The second kappa shape index (κ2) is 7.17. The minimum Gasteiger partial charge on any atom is -0.482 e. The van der Waals surface area contributed by atoms with E-state index in [0.717, 1.165) is 10.9 Å². The fourth-order valence-corrected chi connectivity index (χ4v) is 3.92. The molecule has 1 aromatic heterocycles. The minimum absolute atomic E-state index is 0.00699. The molecule has 1 amide bonds. The summed E-state index contributed by atoms with van der Waals surface area (Å²) in [5, 5.41) is 3.13. The molecule has 26 heavy (non-hydrogen) atoms. The predicted octanol–water partition coefficient (Wildman–Crippen LogP) is 3.76. The molecular weight excluding hydrogens is 350 g/mol. The fraction of sp³-hybridized carbons (Fsp3) is 0.200. The average Bonchev–Trinajstić information content (AvgIpc) is 3.09. The molecule has 0 fully saturated rings. The van der Waals surface area contributed by atoms with Gasteiger partial charge in [-0.25, -0.2) is 0 Å². The highest BCUT2D eigenvalue weighted by atomic mass is 32.1. The van der Waals surface area contributed by atoms with Crippen molar-refractivity contribution < 1.29 is 19.1 Å². The smallest absolute Gasteiger partial charge is 0.307 e. The Morgan fingerprint density at radius 3 is 2.88 bits per heavy atom. The van der Waals surface area contributed by atoms with E-state index >= 15 is 0 Å². The number of ether oxygens (including phenoxy) is 2. The highest BCUT2D eigenvalue weighted by Gasteiger charge is 2.25. The molecule has 6 heteroatoms. The number of hydrogen-bond acceptors (Lipinski definition) is 5. The van der Waals surface area contributed by atoms with E-state index in [1.165, 1.54) is 4.70 Å². The van der Waals surface area contributed by atoms with Crippen LogP contribution in [0.2, 0.25) is 0 Å². The summed E-state index contributed by atoms with van der Waals surface area (Å²) >= 11 is 1.64. The lowest BCUT2D eigenvalue weighted by Crippen LogP contribution is -2.40. The highest BCUT2D eigenvalue weighted by Crippen LogP contribution is 2.31. The van der Waals surface area contributed by atoms with E-state index in [1.807, 2.05) is 53.9 Å². The summed E-state index contributed by atoms with van der Waals surface area (Å²) < 4.78 is 12.0. The summed E-state index contributed by atoms with van der Waals surface area (Å²) in [5.74, 6) is 0.183. The van der Waals surface area contributed by atoms with E-state index in [0.29, 0.717) is 11.4 Å². The van der Waals surface area contributed by atoms with Gasteiger partial charge in [0.05, 0.1) is 12.1 Å². The number of fused-ring (bicyclic) bond motifs is 2. The maximum atomic E-state index is 12.1. The van der Waals surface area contributed by atoms with Crippen molar-refractivity contribution in [3.8, 4) is 5.75 Å². The van der Waals surface area contributed by atoms with Crippen molar-refractivity contribution in [2.45, 2.75) is 13.0 Å². The summed E-state index contributed by atoms with van der Waals surface area (Å²) in [6, 6.07) is 15.4. The van der Waals surface area contributed by atoms with Crippen LogP contribution in [0.3, 0.4) is 0 Å². The normalized spacial score (nSPS) is 13.4. The summed E-state index contributed by atoms with van der Waals surface area (Å²) in [4.78, 5) is 25.8. The molecular formula is C20H17NO4S. The maximum Gasteiger partial charge on any atom is 0.307 e. The first kappa shape index (κ1) is 16.6. The number of esters is 1. The van der Waals surface area contributed by atoms with Gasteiger partial charge in [-0.3, -0.25) is 9.59 Å². The molecule has 0 radical (unpaired) electrons. The SMILES string of the molecule is O=C(CCN1C(=O)COc2ccccc21)OCc1csc2ccccc12. The zero-order valence-electron chi connectivity index (χ0n) is 14.0. The Morgan fingerprint density at radius 2 is 1.96 bits per heavy atom. The maximum absolute atomic E-state index is 12.1. The van der Waals surface area contributed by atoms with Crippen molar-refractivity contribution >= 4 is 39.0 Å². The molecule has 1 aliphatic rings. The molecule has 3 aromatic rings. The molecule has 0 saturated heterocycles. The molecule has 132 valence electrons. The van der Waals surface area contributed by atoms with Crippen LogP contribution in [0.25, 0.3) is 10.1 Å². The van der Waals surface area contributed by atoms with Crippen LogP contribution in [-0.4, -0.2) is 25.0 Å². The van der Waals surface area contributed by atoms with Crippen LogP contribution in [0, 0.1) is 0 Å². The van der Waals surface area contributed by atoms with Gasteiger partial charge in [-0.15, -0.1) is 11.3 Å². The number of carbonyl (C=O) groups is 2. The number of benzene rings is 2. The Morgan fingerprint density at radius 1 is 1.15 bits per heavy atom. The Bertz CT molecular complexity index is 965. The van der Waals surface area contributed by atoms with Crippen LogP contribution in [0.15, 0.2) is 53.9 Å². The number of thiophene rings is 1. The monoisotopic (exact) mass is 367 g/mol. The summed E-state index contributed by atoms with van der Waals surface area (Å²) in [7, 11) is 0.